The van der Waals surface area contributed by atoms with E-state index in [9.17, 15) is 0 Å². The number of hydrogen-bond donors (Lipinski definition) is 1. The molecule has 0 amide bonds. The number of ether oxygens (including phenoxy) is 1. The summed E-state index contributed by atoms with van der Waals surface area (Å²) in [5.74, 6) is 1.68. The maximum absolute atomic E-state index is 5.84. The zero-order valence-electron chi connectivity index (χ0n) is 11.5. The van der Waals surface area contributed by atoms with E-state index in [1.54, 1.807) is 0 Å². The van der Waals surface area contributed by atoms with Crippen LogP contribution in [0.4, 0.5) is 0 Å². The van der Waals surface area contributed by atoms with E-state index in [1.807, 2.05) is 12.1 Å². The summed E-state index contributed by atoms with van der Waals surface area (Å²) < 4.78 is 5.84. The summed E-state index contributed by atoms with van der Waals surface area (Å²) in [7, 11) is 0. The molecule has 0 saturated carbocycles. The SMILES string of the molecule is Cc1ccc(OC(C)CCNCC(C)C)cc1. The maximum atomic E-state index is 5.84. The van der Waals surface area contributed by atoms with Crippen LogP contribution in [0, 0.1) is 12.8 Å². The van der Waals surface area contributed by atoms with Crippen LogP contribution in [0.2, 0.25) is 0 Å². The highest BCUT2D eigenvalue weighted by Crippen LogP contribution is 2.14. The summed E-state index contributed by atoms with van der Waals surface area (Å²) in [6, 6.07) is 8.24. The van der Waals surface area contributed by atoms with Gasteiger partial charge in [-0.05, 0) is 51.4 Å². The van der Waals surface area contributed by atoms with Crippen LogP contribution in [0.15, 0.2) is 24.3 Å². The van der Waals surface area contributed by atoms with Crippen molar-refractivity contribution < 1.29 is 4.74 Å². The lowest BCUT2D eigenvalue weighted by Gasteiger charge is -2.15. The molecule has 1 atom stereocenters. The van der Waals surface area contributed by atoms with Crippen molar-refractivity contribution in [1.82, 2.24) is 5.32 Å². The standard InChI is InChI=1S/C15H25NO/c1-12(2)11-16-10-9-14(4)17-15-7-5-13(3)6-8-15/h5-8,12,14,16H,9-11H2,1-4H3. The average molecular weight is 235 g/mol. The fourth-order valence-corrected chi connectivity index (χ4v) is 1.60. The first-order valence-corrected chi connectivity index (χ1v) is 6.52. The van der Waals surface area contributed by atoms with Crippen LogP contribution in [-0.4, -0.2) is 19.2 Å². The molecule has 2 heteroatoms. The van der Waals surface area contributed by atoms with Gasteiger partial charge in [0.15, 0.2) is 0 Å². The van der Waals surface area contributed by atoms with Gasteiger partial charge in [0.1, 0.15) is 5.75 Å². The van der Waals surface area contributed by atoms with Gasteiger partial charge >= 0.3 is 0 Å². The van der Waals surface area contributed by atoms with Crippen molar-refractivity contribution in [1.29, 1.82) is 0 Å². The van der Waals surface area contributed by atoms with Crippen molar-refractivity contribution in [2.45, 2.75) is 40.2 Å². The van der Waals surface area contributed by atoms with E-state index in [0.717, 1.165) is 25.3 Å². The van der Waals surface area contributed by atoms with Gasteiger partial charge in [0.2, 0.25) is 0 Å². The molecular weight excluding hydrogens is 210 g/mol. The Hall–Kier alpha value is -1.02. The van der Waals surface area contributed by atoms with E-state index in [2.05, 4.69) is 45.1 Å². The molecule has 0 aliphatic heterocycles. The molecular formula is C15H25NO. The summed E-state index contributed by atoms with van der Waals surface area (Å²) in [5.41, 5.74) is 1.27. The van der Waals surface area contributed by atoms with Crippen LogP contribution in [0.1, 0.15) is 32.8 Å². The lowest BCUT2D eigenvalue weighted by molar-refractivity contribution is 0.209. The smallest absolute Gasteiger partial charge is 0.119 e. The molecule has 1 aromatic rings. The quantitative estimate of drug-likeness (QED) is 0.731. The van der Waals surface area contributed by atoms with Crippen LogP contribution < -0.4 is 10.1 Å². The molecule has 2 nitrogen and oxygen atoms in total. The third kappa shape index (κ3) is 6.32. The van der Waals surface area contributed by atoms with Gasteiger partial charge in [-0.25, -0.2) is 0 Å². The second-order valence-electron chi connectivity index (χ2n) is 5.13. The van der Waals surface area contributed by atoms with Crippen LogP contribution in [0.25, 0.3) is 0 Å². The molecule has 17 heavy (non-hydrogen) atoms. The molecule has 1 N–H and O–H groups in total. The van der Waals surface area contributed by atoms with Gasteiger partial charge < -0.3 is 10.1 Å². The van der Waals surface area contributed by atoms with Gasteiger partial charge in [-0.1, -0.05) is 31.5 Å². The van der Waals surface area contributed by atoms with Gasteiger partial charge in [-0.3, -0.25) is 0 Å². The Morgan fingerprint density at radius 3 is 2.35 bits per heavy atom. The fourth-order valence-electron chi connectivity index (χ4n) is 1.60. The summed E-state index contributed by atoms with van der Waals surface area (Å²) in [6.07, 6.45) is 1.30. The van der Waals surface area contributed by atoms with Crippen molar-refractivity contribution in [2.24, 2.45) is 5.92 Å². The van der Waals surface area contributed by atoms with Crippen LogP contribution in [0.3, 0.4) is 0 Å². The van der Waals surface area contributed by atoms with Crippen molar-refractivity contribution >= 4 is 0 Å². The first-order chi connectivity index (χ1) is 8.08. The Balaban J connectivity index is 2.20. The minimum absolute atomic E-state index is 0.261. The highest BCUT2D eigenvalue weighted by molar-refractivity contribution is 5.26. The number of nitrogens with one attached hydrogen (secondary N) is 1. The lowest BCUT2D eigenvalue weighted by Crippen LogP contribution is -2.25. The Labute approximate surface area is 105 Å². The van der Waals surface area contributed by atoms with E-state index in [4.69, 9.17) is 4.74 Å². The fraction of sp³-hybridized carbons (Fsp3) is 0.600. The molecule has 0 saturated heterocycles. The molecule has 0 aliphatic carbocycles. The van der Waals surface area contributed by atoms with E-state index in [1.165, 1.54) is 5.56 Å². The molecule has 0 bridgehead atoms. The van der Waals surface area contributed by atoms with E-state index < -0.39 is 0 Å². The first-order valence-electron chi connectivity index (χ1n) is 6.52. The minimum atomic E-state index is 0.261. The molecule has 0 spiro atoms. The van der Waals surface area contributed by atoms with Gasteiger partial charge in [-0.15, -0.1) is 0 Å². The van der Waals surface area contributed by atoms with Crippen molar-refractivity contribution in [3.8, 4) is 5.75 Å². The average Bonchev–Trinajstić information content (AvgIpc) is 2.27. The number of rotatable bonds is 7. The Morgan fingerprint density at radius 2 is 1.76 bits per heavy atom. The second-order valence-corrected chi connectivity index (χ2v) is 5.13. The van der Waals surface area contributed by atoms with Crippen LogP contribution in [0.5, 0.6) is 5.75 Å². The normalized spacial score (nSPS) is 12.8. The molecule has 1 rings (SSSR count). The van der Waals surface area contributed by atoms with E-state index in [0.29, 0.717) is 5.92 Å². The second kappa shape index (κ2) is 7.33. The molecule has 1 unspecified atom stereocenters. The number of benzene rings is 1. The third-order valence-corrected chi connectivity index (χ3v) is 2.64. The highest BCUT2D eigenvalue weighted by Gasteiger charge is 2.03. The highest BCUT2D eigenvalue weighted by atomic mass is 16.5. The van der Waals surface area contributed by atoms with Crippen molar-refractivity contribution in [3.63, 3.8) is 0 Å². The summed E-state index contributed by atoms with van der Waals surface area (Å²) in [5, 5.41) is 3.43. The predicted octanol–water partition coefficient (Wildman–Crippen LogP) is 3.40. The van der Waals surface area contributed by atoms with Gasteiger partial charge in [-0.2, -0.15) is 0 Å². The topological polar surface area (TPSA) is 21.3 Å². The molecule has 0 heterocycles. The predicted molar refractivity (Wildman–Crippen MR) is 73.6 cm³/mol. The minimum Gasteiger partial charge on any atom is -0.491 e. The lowest BCUT2D eigenvalue weighted by atomic mass is 10.2. The van der Waals surface area contributed by atoms with Gasteiger partial charge in [0, 0.05) is 0 Å². The summed E-state index contributed by atoms with van der Waals surface area (Å²) >= 11 is 0. The molecule has 0 aliphatic rings. The number of aryl methyl sites for hydroxylation is 1. The maximum Gasteiger partial charge on any atom is 0.119 e. The number of hydrogen-bond acceptors (Lipinski definition) is 2. The van der Waals surface area contributed by atoms with Gasteiger partial charge in [0.25, 0.3) is 0 Å². The largest absolute Gasteiger partial charge is 0.491 e. The molecule has 0 radical (unpaired) electrons. The Bertz CT molecular complexity index is 305. The van der Waals surface area contributed by atoms with Crippen LogP contribution in [-0.2, 0) is 0 Å². The summed E-state index contributed by atoms with van der Waals surface area (Å²) in [6.45, 7) is 10.8. The first kappa shape index (κ1) is 14.0. The zero-order chi connectivity index (χ0) is 12.7. The molecule has 1 aromatic carbocycles. The van der Waals surface area contributed by atoms with Crippen molar-refractivity contribution in [3.05, 3.63) is 29.8 Å². The Kier molecular flexibility index (Phi) is 6.06. The summed E-state index contributed by atoms with van der Waals surface area (Å²) in [4.78, 5) is 0. The third-order valence-electron chi connectivity index (χ3n) is 2.64. The molecule has 0 aromatic heterocycles. The van der Waals surface area contributed by atoms with Gasteiger partial charge in [0.05, 0.1) is 6.10 Å². The Morgan fingerprint density at radius 1 is 1.12 bits per heavy atom. The van der Waals surface area contributed by atoms with E-state index >= 15 is 0 Å². The molecule has 0 fully saturated rings. The zero-order valence-corrected chi connectivity index (χ0v) is 11.5. The monoisotopic (exact) mass is 235 g/mol. The van der Waals surface area contributed by atoms with Crippen molar-refractivity contribution in [2.75, 3.05) is 13.1 Å². The van der Waals surface area contributed by atoms with Crippen LogP contribution >= 0.6 is 0 Å². The molecule has 96 valence electrons. The van der Waals surface area contributed by atoms with E-state index in [-0.39, 0.29) is 6.10 Å².